The largest absolute Gasteiger partial charge is 0.445 e. The predicted molar refractivity (Wildman–Crippen MR) is 78.5 cm³/mol. The summed E-state index contributed by atoms with van der Waals surface area (Å²) in [7, 11) is 0. The molecule has 2 heterocycles. The third kappa shape index (κ3) is 2.69. The fraction of sp³-hybridized carbons (Fsp3) is 0.375. The highest BCUT2D eigenvalue weighted by atomic mass is 16.6. The van der Waals surface area contributed by atoms with Gasteiger partial charge in [-0.2, -0.15) is 0 Å². The minimum absolute atomic E-state index is 0.203. The number of hydrogen-bond donors (Lipinski definition) is 1. The van der Waals surface area contributed by atoms with Gasteiger partial charge in [0.15, 0.2) is 0 Å². The molecule has 0 saturated carbocycles. The van der Waals surface area contributed by atoms with Crippen molar-refractivity contribution in [3.05, 3.63) is 41.5 Å². The summed E-state index contributed by atoms with van der Waals surface area (Å²) in [5, 5.41) is 3.01. The highest BCUT2D eigenvalue weighted by Gasteiger charge is 2.31. The van der Waals surface area contributed by atoms with E-state index < -0.39 is 0 Å². The molecule has 1 fully saturated rings. The SMILES string of the molecule is C=Cc1cccc2c1CN(C(=O)O[C@H]1CNC(C=O)C1)C2. The smallest absolute Gasteiger partial charge is 0.410 e. The number of amides is 1. The Morgan fingerprint density at radius 1 is 1.43 bits per heavy atom. The third-order valence-electron chi connectivity index (χ3n) is 4.05. The standard InChI is InChI=1S/C16H18N2O3/c1-2-11-4-3-5-12-8-18(9-15(11)12)16(20)21-14-6-13(10-19)17-7-14/h2-5,10,13-14,17H,1,6-9H2/t13?,14-/m1/s1. The van der Waals surface area contributed by atoms with Crippen LogP contribution >= 0.6 is 0 Å². The van der Waals surface area contributed by atoms with Crippen molar-refractivity contribution in [2.75, 3.05) is 6.54 Å². The van der Waals surface area contributed by atoms with Gasteiger partial charge < -0.3 is 14.8 Å². The van der Waals surface area contributed by atoms with Crippen molar-refractivity contribution in [2.45, 2.75) is 31.7 Å². The van der Waals surface area contributed by atoms with Gasteiger partial charge in [-0.05, 0) is 16.7 Å². The van der Waals surface area contributed by atoms with Crippen molar-refractivity contribution in [3.63, 3.8) is 0 Å². The molecular formula is C16H18N2O3. The number of ether oxygens (including phenoxy) is 1. The third-order valence-corrected chi connectivity index (χ3v) is 4.05. The molecule has 0 aliphatic carbocycles. The molecule has 0 bridgehead atoms. The maximum Gasteiger partial charge on any atom is 0.410 e. The molecule has 0 radical (unpaired) electrons. The summed E-state index contributed by atoms with van der Waals surface area (Å²) < 4.78 is 5.47. The molecule has 0 aromatic heterocycles. The van der Waals surface area contributed by atoms with Gasteiger partial charge in [0, 0.05) is 19.5 Å². The highest BCUT2D eigenvalue weighted by Crippen LogP contribution is 2.27. The number of rotatable bonds is 3. The van der Waals surface area contributed by atoms with E-state index in [9.17, 15) is 9.59 Å². The molecule has 2 atom stereocenters. The summed E-state index contributed by atoms with van der Waals surface area (Å²) >= 11 is 0. The van der Waals surface area contributed by atoms with Gasteiger partial charge in [-0.3, -0.25) is 4.90 Å². The lowest BCUT2D eigenvalue weighted by Crippen LogP contribution is -2.31. The maximum absolute atomic E-state index is 12.2. The Bertz CT molecular complexity index is 585. The van der Waals surface area contributed by atoms with Crippen molar-refractivity contribution >= 4 is 18.5 Å². The van der Waals surface area contributed by atoms with Gasteiger partial charge in [-0.15, -0.1) is 0 Å². The van der Waals surface area contributed by atoms with Crippen LogP contribution in [-0.2, 0) is 22.6 Å². The van der Waals surface area contributed by atoms with E-state index in [-0.39, 0.29) is 18.2 Å². The van der Waals surface area contributed by atoms with Gasteiger partial charge in [0.2, 0.25) is 0 Å². The lowest BCUT2D eigenvalue weighted by atomic mass is 10.0. The fourth-order valence-electron chi connectivity index (χ4n) is 2.91. The molecule has 0 spiro atoms. The van der Waals surface area contributed by atoms with Crippen LogP contribution in [0.5, 0.6) is 0 Å². The molecule has 110 valence electrons. The Hall–Kier alpha value is -2.14. The van der Waals surface area contributed by atoms with Gasteiger partial charge in [-0.25, -0.2) is 4.79 Å². The first-order chi connectivity index (χ1) is 10.2. The zero-order valence-corrected chi connectivity index (χ0v) is 11.7. The average molecular weight is 286 g/mol. The van der Waals surface area contributed by atoms with Crippen LogP contribution in [-0.4, -0.2) is 36.0 Å². The Morgan fingerprint density at radius 2 is 2.29 bits per heavy atom. The van der Waals surface area contributed by atoms with Crippen molar-refractivity contribution in [3.8, 4) is 0 Å². The summed E-state index contributed by atoms with van der Waals surface area (Å²) in [5.74, 6) is 0. The van der Waals surface area contributed by atoms with Crippen LogP contribution in [0.2, 0.25) is 0 Å². The average Bonchev–Trinajstić information content (AvgIpc) is 3.12. The summed E-state index contributed by atoms with van der Waals surface area (Å²) in [5.41, 5.74) is 3.34. The normalized spacial score (nSPS) is 23.7. The summed E-state index contributed by atoms with van der Waals surface area (Å²) in [6.45, 7) is 5.45. The number of carbonyl (C=O) groups is 2. The van der Waals surface area contributed by atoms with Crippen LogP contribution in [0.15, 0.2) is 24.8 Å². The highest BCUT2D eigenvalue weighted by molar-refractivity contribution is 5.70. The number of hydrogen-bond acceptors (Lipinski definition) is 4. The van der Waals surface area contributed by atoms with Crippen molar-refractivity contribution in [2.24, 2.45) is 0 Å². The number of fused-ring (bicyclic) bond motifs is 1. The van der Waals surface area contributed by atoms with E-state index in [4.69, 9.17) is 4.74 Å². The molecule has 1 amide bonds. The molecule has 1 aromatic rings. The summed E-state index contributed by atoms with van der Waals surface area (Å²) in [6, 6.07) is 5.79. The number of carbonyl (C=O) groups excluding carboxylic acids is 2. The van der Waals surface area contributed by atoms with Gasteiger partial charge >= 0.3 is 6.09 Å². The van der Waals surface area contributed by atoms with E-state index in [1.807, 2.05) is 24.3 Å². The first kappa shape index (κ1) is 13.8. The molecule has 5 heteroatoms. The van der Waals surface area contributed by atoms with Gasteiger partial charge in [0.05, 0.1) is 12.6 Å². The molecule has 1 N–H and O–H groups in total. The number of benzene rings is 1. The zero-order chi connectivity index (χ0) is 14.8. The minimum atomic E-state index is -0.320. The lowest BCUT2D eigenvalue weighted by molar-refractivity contribution is -0.109. The Labute approximate surface area is 123 Å². The molecule has 1 aromatic carbocycles. The second kappa shape index (κ2) is 5.69. The van der Waals surface area contributed by atoms with Gasteiger partial charge in [0.1, 0.15) is 12.4 Å². The van der Waals surface area contributed by atoms with E-state index in [2.05, 4.69) is 11.9 Å². The molecule has 5 nitrogen and oxygen atoms in total. The van der Waals surface area contributed by atoms with E-state index in [0.717, 1.165) is 23.0 Å². The maximum atomic E-state index is 12.2. The minimum Gasteiger partial charge on any atom is -0.445 e. The van der Waals surface area contributed by atoms with Gasteiger partial charge in [0.25, 0.3) is 0 Å². The van der Waals surface area contributed by atoms with Crippen molar-refractivity contribution in [1.29, 1.82) is 0 Å². The topological polar surface area (TPSA) is 58.6 Å². The number of nitrogens with zero attached hydrogens (tertiary/aromatic N) is 1. The van der Waals surface area contributed by atoms with Crippen molar-refractivity contribution in [1.82, 2.24) is 10.2 Å². The summed E-state index contributed by atoms with van der Waals surface area (Å²) in [6.07, 6.45) is 2.67. The molecular weight excluding hydrogens is 268 g/mol. The van der Waals surface area contributed by atoms with Crippen LogP contribution in [0.3, 0.4) is 0 Å². The van der Waals surface area contributed by atoms with E-state index in [0.29, 0.717) is 26.1 Å². The van der Waals surface area contributed by atoms with Gasteiger partial charge in [-0.1, -0.05) is 30.9 Å². The second-order valence-electron chi connectivity index (χ2n) is 5.44. The second-order valence-corrected chi connectivity index (χ2v) is 5.44. The van der Waals surface area contributed by atoms with Crippen LogP contribution in [0.25, 0.3) is 6.08 Å². The molecule has 2 aliphatic heterocycles. The number of nitrogens with one attached hydrogen (secondary N) is 1. The first-order valence-electron chi connectivity index (χ1n) is 7.08. The molecule has 1 unspecified atom stereocenters. The van der Waals surface area contributed by atoms with E-state index in [1.165, 1.54) is 0 Å². The van der Waals surface area contributed by atoms with Crippen LogP contribution in [0.1, 0.15) is 23.1 Å². The Balaban J connectivity index is 1.63. The molecule has 3 rings (SSSR count). The first-order valence-corrected chi connectivity index (χ1v) is 7.08. The van der Waals surface area contributed by atoms with Crippen molar-refractivity contribution < 1.29 is 14.3 Å². The molecule has 1 saturated heterocycles. The lowest BCUT2D eigenvalue weighted by Gasteiger charge is -2.18. The Morgan fingerprint density at radius 3 is 3.00 bits per heavy atom. The predicted octanol–water partition coefficient (Wildman–Crippen LogP) is 1.71. The zero-order valence-electron chi connectivity index (χ0n) is 11.7. The Kier molecular flexibility index (Phi) is 3.75. The van der Waals surface area contributed by atoms with Crippen LogP contribution in [0.4, 0.5) is 4.79 Å². The van der Waals surface area contributed by atoms with E-state index in [1.54, 1.807) is 4.90 Å². The quantitative estimate of drug-likeness (QED) is 0.859. The molecule has 2 aliphatic rings. The fourth-order valence-corrected chi connectivity index (χ4v) is 2.91. The number of aldehydes is 1. The summed E-state index contributed by atoms with van der Waals surface area (Å²) in [4.78, 5) is 24.6. The van der Waals surface area contributed by atoms with E-state index >= 15 is 0 Å². The monoisotopic (exact) mass is 286 g/mol. The molecule has 21 heavy (non-hydrogen) atoms. The van der Waals surface area contributed by atoms with Crippen LogP contribution < -0.4 is 5.32 Å². The van der Waals surface area contributed by atoms with Crippen LogP contribution in [0, 0.1) is 0 Å².